The van der Waals surface area contributed by atoms with Gasteiger partial charge in [0, 0.05) is 28.1 Å². The summed E-state index contributed by atoms with van der Waals surface area (Å²) in [5, 5.41) is 12.6. The molecule has 168 valence electrons. The summed E-state index contributed by atoms with van der Waals surface area (Å²) in [4.78, 5) is 16.9. The average molecular weight is 522 g/mol. The molecule has 1 N–H and O–H groups in total. The highest BCUT2D eigenvalue weighted by Crippen LogP contribution is 2.32. The zero-order valence-corrected chi connectivity index (χ0v) is 20.9. The van der Waals surface area contributed by atoms with Crippen molar-refractivity contribution in [3.05, 3.63) is 82.6 Å². The van der Waals surface area contributed by atoms with Crippen LogP contribution in [0.1, 0.15) is 25.0 Å². The third-order valence-electron chi connectivity index (χ3n) is 5.18. The average Bonchev–Trinajstić information content (AvgIpc) is 3.26. The van der Waals surface area contributed by atoms with E-state index in [1.807, 2.05) is 36.4 Å². The Morgan fingerprint density at radius 1 is 1.03 bits per heavy atom. The van der Waals surface area contributed by atoms with Crippen LogP contribution in [0.25, 0.3) is 17.1 Å². The number of hydrogen-bond acceptors (Lipinski definition) is 5. The minimum Gasteiger partial charge on any atom is -0.325 e. The second-order valence-corrected chi connectivity index (χ2v) is 9.22. The predicted octanol–water partition coefficient (Wildman–Crippen LogP) is 5.95. The summed E-state index contributed by atoms with van der Waals surface area (Å²) in [6.07, 6.45) is 5.28. The second kappa shape index (κ2) is 10.8. The molecule has 2 aromatic carbocycles. The summed E-state index contributed by atoms with van der Waals surface area (Å²) in [6, 6.07) is 17.8. The highest BCUT2D eigenvalue weighted by Gasteiger charge is 2.21. The molecule has 0 aliphatic carbocycles. The Labute approximate surface area is 206 Å². The maximum absolute atomic E-state index is 12.7. The molecule has 1 amide bonds. The summed E-state index contributed by atoms with van der Waals surface area (Å²) in [7, 11) is 0. The molecule has 0 atom stereocenters. The minimum absolute atomic E-state index is 0.102. The fraction of sp³-hybridized carbons (Fsp3) is 0.200. The number of carbonyl (C=O) groups is 1. The molecule has 2 heterocycles. The molecule has 0 saturated heterocycles. The van der Waals surface area contributed by atoms with E-state index in [9.17, 15) is 4.79 Å². The van der Waals surface area contributed by atoms with Crippen molar-refractivity contribution in [2.24, 2.45) is 0 Å². The molecule has 4 aromatic rings. The lowest BCUT2D eigenvalue weighted by Crippen LogP contribution is -2.15. The van der Waals surface area contributed by atoms with Crippen LogP contribution in [-0.2, 0) is 17.6 Å². The predicted molar refractivity (Wildman–Crippen MR) is 137 cm³/mol. The number of para-hydroxylation sites is 1. The molecule has 8 heteroatoms. The zero-order chi connectivity index (χ0) is 23.2. The Bertz CT molecular complexity index is 1240. The summed E-state index contributed by atoms with van der Waals surface area (Å²) in [5.74, 6) is 0.830. The third kappa shape index (κ3) is 5.34. The number of aromatic nitrogens is 4. The van der Waals surface area contributed by atoms with Gasteiger partial charge in [0.2, 0.25) is 5.91 Å². The molecule has 6 nitrogen and oxygen atoms in total. The van der Waals surface area contributed by atoms with E-state index in [-0.39, 0.29) is 11.7 Å². The van der Waals surface area contributed by atoms with Crippen molar-refractivity contribution >= 4 is 39.3 Å². The SMILES string of the molecule is CCc1cccc(CC)c1-n1c(SCC(=O)Nc2cccc(Br)c2)nnc1-c1cccnc1. The molecule has 0 spiro atoms. The van der Waals surface area contributed by atoms with Crippen molar-refractivity contribution in [2.75, 3.05) is 11.1 Å². The van der Waals surface area contributed by atoms with Gasteiger partial charge in [0.25, 0.3) is 0 Å². The molecule has 0 radical (unpaired) electrons. The molecule has 0 unspecified atom stereocenters. The smallest absolute Gasteiger partial charge is 0.234 e. The molecular formula is C25H24BrN5OS. The Balaban J connectivity index is 1.70. The van der Waals surface area contributed by atoms with E-state index < -0.39 is 0 Å². The lowest BCUT2D eigenvalue weighted by atomic mass is 10.0. The van der Waals surface area contributed by atoms with Gasteiger partial charge in [-0.3, -0.25) is 14.3 Å². The van der Waals surface area contributed by atoms with Gasteiger partial charge in [0.15, 0.2) is 11.0 Å². The third-order valence-corrected chi connectivity index (χ3v) is 6.60. The number of nitrogens with zero attached hydrogens (tertiary/aromatic N) is 4. The number of amides is 1. The zero-order valence-electron chi connectivity index (χ0n) is 18.5. The maximum atomic E-state index is 12.7. The normalized spacial score (nSPS) is 10.9. The number of anilines is 1. The first-order valence-corrected chi connectivity index (χ1v) is 12.5. The summed E-state index contributed by atoms with van der Waals surface area (Å²) >= 11 is 4.80. The standard InChI is InChI=1S/C25H24BrN5OS/c1-3-17-8-5-9-18(4-2)23(17)31-24(19-10-7-13-27-15-19)29-30-25(31)33-16-22(32)28-21-12-6-11-20(26)14-21/h5-15H,3-4,16H2,1-2H3,(H,28,32). The number of aryl methyl sites for hydroxylation is 2. The van der Waals surface area contributed by atoms with Gasteiger partial charge in [-0.25, -0.2) is 0 Å². The number of benzene rings is 2. The van der Waals surface area contributed by atoms with Crippen molar-refractivity contribution < 1.29 is 4.79 Å². The van der Waals surface area contributed by atoms with Crippen molar-refractivity contribution in [1.82, 2.24) is 19.7 Å². The van der Waals surface area contributed by atoms with Crippen molar-refractivity contribution in [1.29, 1.82) is 0 Å². The van der Waals surface area contributed by atoms with Crippen LogP contribution in [0.15, 0.2) is 76.6 Å². The van der Waals surface area contributed by atoms with Crippen molar-refractivity contribution in [2.45, 2.75) is 31.8 Å². The van der Waals surface area contributed by atoms with Crippen LogP contribution >= 0.6 is 27.7 Å². The van der Waals surface area contributed by atoms with Gasteiger partial charge in [-0.15, -0.1) is 10.2 Å². The van der Waals surface area contributed by atoms with Crippen LogP contribution in [0.4, 0.5) is 5.69 Å². The summed E-state index contributed by atoms with van der Waals surface area (Å²) in [5.41, 5.74) is 5.13. The fourth-order valence-electron chi connectivity index (χ4n) is 3.64. The maximum Gasteiger partial charge on any atom is 0.234 e. The molecule has 0 aliphatic heterocycles. The van der Waals surface area contributed by atoms with E-state index >= 15 is 0 Å². The van der Waals surface area contributed by atoms with Gasteiger partial charge in [0.05, 0.1) is 11.4 Å². The Morgan fingerprint density at radius 3 is 2.45 bits per heavy atom. The molecule has 33 heavy (non-hydrogen) atoms. The quantitative estimate of drug-likeness (QED) is 0.290. The van der Waals surface area contributed by atoms with Gasteiger partial charge in [-0.05, 0) is 54.3 Å². The van der Waals surface area contributed by atoms with Crippen LogP contribution in [0.2, 0.25) is 0 Å². The first-order valence-electron chi connectivity index (χ1n) is 10.8. The topological polar surface area (TPSA) is 72.7 Å². The molecule has 2 aromatic heterocycles. The van der Waals surface area contributed by atoms with Crippen LogP contribution in [0.5, 0.6) is 0 Å². The number of carbonyl (C=O) groups excluding carboxylic acids is 1. The van der Waals surface area contributed by atoms with Crippen LogP contribution in [-0.4, -0.2) is 31.4 Å². The van der Waals surface area contributed by atoms with Crippen LogP contribution in [0, 0.1) is 0 Å². The van der Waals surface area contributed by atoms with E-state index in [1.165, 1.54) is 22.9 Å². The van der Waals surface area contributed by atoms with Crippen LogP contribution < -0.4 is 5.32 Å². The molecular weight excluding hydrogens is 498 g/mol. The highest BCUT2D eigenvalue weighted by atomic mass is 79.9. The van der Waals surface area contributed by atoms with Gasteiger partial charge in [0.1, 0.15) is 0 Å². The molecule has 0 bridgehead atoms. The lowest BCUT2D eigenvalue weighted by Gasteiger charge is -2.18. The number of halogens is 1. The van der Waals surface area contributed by atoms with E-state index in [4.69, 9.17) is 0 Å². The van der Waals surface area contributed by atoms with E-state index in [1.54, 1.807) is 12.4 Å². The monoisotopic (exact) mass is 521 g/mol. The van der Waals surface area contributed by atoms with Gasteiger partial charge in [-0.1, -0.05) is 65.8 Å². The summed E-state index contributed by atoms with van der Waals surface area (Å²) in [6.45, 7) is 4.29. The number of hydrogen-bond donors (Lipinski definition) is 1. The molecule has 0 saturated carbocycles. The van der Waals surface area contributed by atoms with Gasteiger partial charge in [-0.2, -0.15) is 0 Å². The second-order valence-electron chi connectivity index (χ2n) is 7.36. The first-order chi connectivity index (χ1) is 16.1. The first kappa shape index (κ1) is 23.2. The molecule has 0 fully saturated rings. The van der Waals surface area contributed by atoms with Gasteiger partial charge >= 0.3 is 0 Å². The Morgan fingerprint density at radius 2 is 1.79 bits per heavy atom. The molecule has 4 rings (SSSR count). The summed E-state index contributed by atoms with van der Waals surface area (Å²) < 4.78 is 2.99. The number of nitrogens with one attached hydrogen (secondary N) is 1. The minimum atomic E-state index is -0.102. The van der Waals surface area contributed by atoms with E-state index in [0.717, 1.165) is 34.3 Å². The van der Waals surface area contributed by atoms with E-state index in [2.05, 4.69) is 73.0 Å². The largest absolute Gasteiger partial charge is 0.325 e. The molecule has 0 aliphatic rings. The van der Waals surface area contributed by atoms with Crippen molar-refractivity contribution in [3.63, 3.8) is 0 Å². The Hall–Kier alpha value is -2.97. The van der Waals surface area contributed by atoms with Crippen LogP contribution in [0.3, 0.4) is 0 Å². The van der Waals surface area contributed by atoms with Gasteiger partial charge < -0.3 is 5.32 Å². The van der Waals surface area contributed by atoms with E-state index in [0.29, 0.717) is 11.0 Å². The van der Waals surface area contributed by atoms with Crippen molar-refractivity contribution in [3.8, 4) is 17.1 Å². The fourth-order valence-corrected chi connectivity index (χ4v) is 4.78. The number of thioether (sulfide) groups is 1. The number of rotatable bonds is 8. The number of pyridine rings is 1. The Kier molecular flexibility index (Phi) is 7.57. The lowest BCUT2D eigenvalue weighted by molar-refractivity contribution is -0.113. The highest BCUT2D eigenvalue weighted by molar-refractivity contribution is 9.10.